The molecule has 1 unspecified atom stereocenters. The van der Waals surface area contributed by atoms with Gasteiger partial charge >= 0.3 is 0 Å². The molecule has 5 heteroatoms. The molecule has 3 fully saturated rings. The topological polar surface area (TPSA) is 45.7 Å². The molecule has 1 saturated carbocycles. The first kappa shape index (κ1) is 17.0. The predicted molar refractivity (Wildman–Crippen MR) is 96.1 cm³/mol. The smallest absolute Gasteiger partial charge is 0.228 e. The molecule has 1 aromatic rings. The Morgan fingerprint density at radius 1 is 1.24 bits per heavy atom. The summed E-state index contributed by atoms with van der Waals surface area (Å²) in [6.07, 6.45) is 7.23. The average Bonchev–Trinajstić information content (AvgIpc) is 3.39. The Kier molecular flexibility index (Phi) is 4.78. The molecule has 1 aromatic heterocycles. The van der Waals surface area contributed by atoms with Gasteiger partial charge in [-0.1, -0.05) is 6.07 Å². The molecule has 25 heavy (non-hydrogen) atoms. The second-order valence-corrected chi connectivity index (χ2v) is 8.23. The molecule has 2 aliphatic heterocycles. The third-order valence-electron chi connectivity index (χ3n) is 6.14. The highest BCUT2D eigenvalue weighted by Gasteiger charge is 2.50. The zero-order valence-electron chi connectivity index (χ0n) is 15.2. The molecule has 3 heterocycles. The van der Waals surface area contributed by atoms with Crippen LogP contribution in [0.1, 0.15) is 31.4 Å². The van der Waals surface area contributed by atoms with Gasteiger partial charge in [-0.25, -0.2) is 0 Å². The van der Waals surface area contributed by atoms with Crippen LogP contribution in [0.25, 0.3) is 0 Å². The van der Waals surface area contributed by atoms with E-state index in [0.717, 1.165) is 50.9 Å². The van der Waals surface area contributed by atoms with Crippen LogP contribution in [0, 0.1) is 11.8 Å². The fraction of sp³-hybridized carbons (Fsp3) is 0.700. The third-order valence-corrected chi connectivity index (χ3v) is 6.14. The molecule has 0 bridgehead atoms. The Labute approximate surface area is 150 Å². The molecule has 1 aliphatic carbocycles. The number of rotatable bonds is 6. The van der Waals surface area contributed by atoms with Crippen molar-refractivity contribution in [3.63, 3.8) is 0 Å². The molecule has 0 N–H and O–H groups in total. The van der Waals surface area contributed by atoms with E-state index in [9.17, 15) is 4.79 Å². The lowest BCUT2D eigenvalue weighted by molar-refractivity contribution is -0.150. The van der Waals surface area contributed by atoms with E-state index < -0.39 is 0 Å². The first-order chi connectivity index (χ1) is 12.1. The maximum Gasteiger partial charge on any atom is 0.228 e. The molecule has 5 nitrogen and oxygen atoms in total. The number of hydrogen-bond donors (Lipinski definition) is 0. The summed E-state index contributed by atoms with van der Waals surface area (Å²) in [5.74, 6) is 1.68. The van der Waals surface area contributed by atoms with Crippen molar-refractivity contribution >= 4 is 5.91 Å². The predicted octanol–water partition coefficient (Wildman–Crippen LogP) is 1.97. The summed E-state index contributed by atoms with van der Waals surface area (Å²) in [5.41, 5.74) is 1.03. The number of ether oxygens (including phenoxy) is 1. The number of aromatic nitrogens is 1. The van der Waals surface area contributed by atoms with Crippen molar-refractivity contribution in [3.05, 3.63) is 30.1 Å². The maximum absolute atomic E-state index is 12.5. The van der Waals surface area contributed by atoms with E-state index in [4.69, 9.17) is 4.74 Å². The third kappa shape index (κ3) is 3.87. The van der Waals surface area contributed by atoms with E-state index in [1.54, 1.807) is 6.20 Å². The lowest BCUT2D eigenvalue weighted by atomic mass is 9.75. The van der Waals surface area contributed by atoms with Crippen molar-refractivity contribution in [1.82, 2.24) is 14.8 Å². The number of likely N-dealkylation sites (tertiary alicyclic amines) is 2. The summed E-state index contributed by atoms with van der Waals surface area (Å²) < 4.78 is 5.94. The summed E-state index contributed by atoms with van der Waals surface area (Å²) in [6.45, 7) is 4.67. The van der Waals surface area contributed by atoms with Gasteiger partial charge in [-0.15, -0.1) is 0 Å². The molecule has 1 amide bonds. The van der Waals surface area contributed by atoms with Gasteiger partial charge in [-0.2, -0.15) is 0 Å². The van der Waals surface area contributed by atoms with Gasteiger partial charge < -0.3 is 9.64 Å². The summed E-state index contributed by atoms with van der Waals surface area (Å²) >= 11 is 0. The van der Waals surface area contributed by atoms with Crippen LogP contribution in [0.2, 0.25) is 0 Å². The van der Waals surface area contributed by atoms with Gasteiger partial charge in [0.2, 0.25) is 5.91 Å². The summed E-state index contributed by atoms with van der Waals surface area (Å²) in [4.78, 5) is 21.2. The Balaban J connectivity index is 1.27. The first-order valence-electron chi connectivity index (χ1n) is 9.61. The fourth-order valence-electron chi connectivity index (χ4n) is 4.22. The maximum atomic E-state index is 12.5. The molecule has 2 saturated heterocycles. The molecular weight excluding hydrogens is 314 g/mol. The highest BCUT2D eigenvalue weighted by molar-refractivity contribution is 5.79. The number of likely N-dealkylation sites (N-methyl/N-ethyl adjacent to an activating group) is 1. The molecular formula is C20H29N3O2. The van der Waals surface area contributed by atoms with Gasteiger partial charge in [0.15, 0.2) is 0 Å². The zero-order chi connectivity index (χ0) is 17.3. The van der Waals surface area contributed by atoms with Gasteiger partial charge in [0.05, 0.1) is 12.0 Å². The van der Waals surface area contributed by atoms with Crippen LogP contribution >= 0.6 is 0 Å². The monoisotopic (exact) mass is 343 g/mol. The number of amides is 1. The Morgan fingerprint density at radius 2 is 2.04 bits per heavy atom. The molecule has 4 rings (SSSR count). The largest absolute Gasteiger partial charge is 0.381 e. The lowest BCUT2D eigenvalue weighted by Gasteiger charge is -2.58. The van der Waals surface area contributed by atoms with Crippen LogP contribution in [0.5, 0.6) is 0 Å². The Morgan fingerprint density at radius 3 is 2.76 bits per heavy atom. The highest BCUT2D eigenvalue weighted by Crippen LogP contribution is 2.39. The summed E-state index contributed by atoms with van der Waals surface area (Å²) in [5, 5.41) is 0. The van der Waals surface area contributed by atoms with Gasteiger partial charge in [0.1, 0.15) is 0 Å². The van der Waals surface area contributed by atoms with E-state index in [2.05, 4.69) is 16.9 Å². The zero-order valence-corrected chi connectivity index (χ0v) is 15.2. The standard InChI is InChI=1S/C20H29N3O2/c1-22-9-7-17(13-25-12-16-5-6-16)11-20(22)14-23(15-20)19(24)10-18-4-2-3-8-21-18/h2-4,8,16-17H,5-7,9-15H2,1H3. The first-order valence-corrected chi connectivity index (χ1v) is 9.61. The van der Waals surface area contributed by atoms with Crippen LogP contribution in [0.3, 0.4) is 0 Å². The second kappa shape index (κ2) is 7.04. The van der Waals surface area contributed by atoms with E-state index in [1.165, 1.54) is 19.3 Å². The minimum Gasteiger partial charge on any atom is -0.381 e. The van der Waals surface area contributed by atoms with Crippen LogP contribution in [-0.4, -0.2) is 66.1 Å². The Hall–Kier alpha value is -1.46. The Bertz CT molecular complexity index is 596. The van der Waals surface area contributed by atoms with Crippen molar-refractivity contribution in [2.75, 3.05) is 39.9 Å². The summed E-state index contributed by atoms with van der Waals surface area (Å²) in [7, 11) is 2.21. The molecule has 0 aromatic carbocycles. The van der Waals surface area contributed by atoms with Gasteiger partial charge in [-0.05, 0) is 63.2 Å². The van der Waals surface area contributed by atoms with Gasteiger partial charge in [-0.3, -0.25) is 14.7 Å². The number of hydrogen-bond acceptors (Lipinski definition) is 4. The second-order valence-electron chi connectivity index (χ2n) is 8.23. The van der Waals surface area contributed by atoms with Crippen molar-refractivity contribution in [1.29, 1.82) is 0 Å². The van der Waals surface area contributed by atoms with Crippen molar-refractivity contribution in [2.45, 2.75) is 37.6 Å². The van der Waals surface area contributed by atoms with Crippen LogP contribution in [-0.2, 0) is 16.0 Å². The number of pyridine rings is 1. The number of piperidine rings is 1. The van der Waals surface area contributed by atoms with E-state index in [1.807, 2.05) is 23.1 Å². The van der Waals surface area contributed by atoms with Gasteiger partial charge in [0.25, 0.3) is 0 Å². The molecule has 3 aliphatic rings. The van der Waals surface area contributed by atoms with Crippen LogP contribution < -0.4 is 0 Å². The fourth-order valence-corrected chi connectivity index (χ4v) is 4.22. The number of nitrogens with zero attached hydrogens (tertiary/aromatic N) is 3. The quantitative estimate of drug-likeness (QED) is 0.792. The minimum atomic E-state index is 0.172. The van der Waals surface area contributed by atoms with Crippen molar-refractivity contribution in [3.8, 4) is 0 Å². The minimum absolute atomic E-state index is 0.172. The highest BCUT2D eigenvalue weighted by atomic mass is 16.5. The van der Waals surface area contributed by atoms with E-state index in [0.29, 0.717) is 12.3 Å². The van der Waals surface area contributed by atoms with E-state index >= 15 is 0 Å². The SMILES string of the molecule is CN1CCC(COCC2CC2)CC12CN(C(=O)Cc1ccccn1)C2. The molecule has 0 radical (unpaired) electrons. The van der Waals surface area contributed by atoms with Gasteiger partial charge in [0, 0.05) is 38.2 Å². The number of carbonyl (C=O) groups excluding carboxylic acids is 1. The van der Waals surface area contributed by atoms with Crippen LogP contribution in [0.4, 0.5) is 0 Å². The van der Waals surface area contributed by atoms with E-state index in [-0.39, 0.29) is 11.4 Å². The summed E-state index contributed by atoms with van der Waals surface area (Å²) in [6, 6.07) is 5.75. The van der Waals surface area contributed by atoms with Crippen LogP contribution in [0.15, 0.2) is 24.4 Å². The molecule has 1 atom stereocenters. The molecule has 136 valence electrons. The number of carbonyl (C=O) groups is 1. The lowest BCUT2D eigenvalue weighted by Crippen LogP contribution is -2.72. The normalized spacial score (nSPS) is 25.8. The molecule has 1 spiro atoms. The average molecular weight is 343 g/mol. The van der Waals surface area contributed by atoms with Crippen molar-refractivity contribution in [2.24, 2.45) is 11.8 Å². The van der Waals surface area contributed by atoms with Crippen molar-refractivity contribution < 1.29 is 9.53 Å².